The zero-order valence-electron chi connectivity index (χ0n) is 17.9. The summed E-state index contributed by atoms with van der Waals surface area (Å²) in [7, 11) is 1.62. The van der Waals surface area contributed by atoms with E-state index < -0.39 is 0 Å². The molecule has 4 rings (SSSR count). The zero-order chi connectivity index (χ0) is 21.6. The molecule has 9 heteroatoms. The first-order chi connectivity index (χ1) is 15.1. The van der Waals surface area contributed by atoms with Gasteiger partial charge in [0.1, 0.15) is 5.75 Å². The normalized spacial score (nSPS) is 19.0. The van der Waals surface area contributed by atoms with Crippen LogP contribution in [0.25, 0.3) is 11.4 Å². The lowest BCUT2D eigenvalue weighted by Crippen LogP contribution is -2.43. The van der Waals surface area contributed by atoms with Crippen LogP contribution in [0.1, 0.15) is 32.1 Å². The summed E-state index contributed by atoms with van der Waals surface area (Å²) in [6.45, 7) is 3.48. The number of methoxy groups -OCH3 is 1. The lowest BCUT2D eigenvalue weighted by Gasteiger charge is -2.30. The van der Waals surface area contributed by atoms with Crippen LogP contribution >= 0.6 is 0 Å². The maximum atomic E-state index is 12.6. The molecule has 0 spiro atoms. The maximum Gasteiger partial charge on any atom is 0.324 e. The Morgan fingerprint density at radius 1 is 1.26 bits per heavy atom. The van der Waals surface area contributed by atoms with E-state index >= 15 is 0 Å². The number of nitrogens with zero attached hydrogens (tertiary/aromatic N) is 4. The molecule has 3 heterocycles. The molecule has 0 radical (unpaired) electrons. The molecule has 2 aliphatic heterocycles. The molecule has 0 aliphatic carbocycles. The Hall–Kier alpha value is -3.10. The smallest absolute Gasteiger partial charge is 0.324 e. The average molecular weight is 428 g/mol. The number of carbonyl (C=O) groups excluding carboxylic acids is 2. The van der Waals surface area contributed by atoms with E-state index in [9.17, 15) is 9.59 Å². The van der Waals surface area contributed by atoms with Crippen molar-refractivity contribution in [2.75, 3.05) is 44.7 Å². The predicted molar refractivity (Wildman–Crippen MR) is 115 cm³/mol. The molecule has 2 aromatic rings. The Morgan fingerprint density at radius 3 is 2.84 bits per heavy atom. The van der Waals surface area contributed by atoms with Crippen LogP contribution in [0.2, 0.25) is 0 Å². The second kappa shape index (κ2) is 9.80. The summed E-state index contributed by atoms with van der Waals surface area (Å²) in [4.78, 5) is 32.7. The van der Waals surface area contributed by atoms with Gasteiger partial charge in [-0.05, 0) is 49.9 Å². The molecule has 2 aliphatic rings. The first-order valence-electron chi connectivity index (χ1n) is 10.9. The Balaban J connectivity index is 1.27. The maximum absolute atomic E-state index is 12.6. The number of nitrogens with one attached hydrogen (secondary N) is 1. The molecular weight excluding hydrogens is 398 g/mol. The van der Waals surface area contributed by atoms with Crippen molar-refractivity contribution in [2.24, 2.45) is 5.92 Å². The highest BCUT2D eigenvalue weighted by molar-refractivity contribution is 5.79. The van der Waals surface area contributed by atoms with E-state index in [0.29, 0.717) is 37.9 Å². The van der Waals surface area contributed by atoms with Gasteiger partial charge in [0.05, 0.1) is 13.0 Å². The van der Waals surface area contributed by atoms with E-state index in [2.05, 4.69) is 15.5 Å². The summed E-state index contributed by atoms with van der Waals surface area (Å²) in [6.07, 6.45) is 4.11. The summed E-state index contributed by atoms with van der Waals surface area (Å²) in [6, 6.07) is 7.92. The fraction of sp³-hybridized carbons (Fsp3) is 0.545. The van der Waals surface area contributed by atoms with Crippen LogP contribution in [0.4, 0.5) is 6.01 Å². The van der Waals surface area contributed by atoms with Crippen LogP contribution in [0, 0.1) is 5.92 Å². The van der Waals surface area contributed by atoms with Crippen LogP contribution in [-0.4, -0.2) is 66.7 Å². The topological polar surface area (TPSA) is 101 Å². The van der Waals surface area contributed by atoms with Crippen molar-refractivity contribution < 1.29 is 18.8 Å². The Labute approximate surface area is 181 Å². The molecule has 2 amide bonds. The van der Waals surface area contributed by atoms with Crippen LogP contribution in [0.3, 0.4) is 0 Å². The van der Waals surface area contributed by atoms with Gasteiger partial charge in [0.2, 0.25) is 17.6 Å². The van der Waals surface area contributed by atoms with Gasteiger partial charge in [0.15, 0.2) is 0 Å². The van der Waals surface area contributed by atoms with Gasteiger partial charge in [-0.15, -0.1) is 0 Å². The van der Waals surface area contributed by atoms with E-state index in [1.54, 1.807) is 7.11 Å². The molecule has 0 unspecified atom stereocenters. The number of amides is 2. The number of carbonyl (C=O) groups is 2. The van der Waals surface area contributed by atoms with Crippen molar-refractivity contribution in [3.8, 4) is 17.1 Å². The molecule has 2 fully saturated rings. The second-order valence-electron chi connectivity index (χ2n) is 8.04. The molecule has 1 atom stereocenters. The molecule has 0 saturated carbocycles. The standard InChI is InChI=1S/C22H29N5O4/c1-30-18-9-7-16(8-10-18)20-24-22(31-25-20)27-13-2-5-17(15-27)21(29)23-11-4-14-26-12-3-6-19(26)28/h7-10,17H,2-6,11-15H2,1H3,(H,23,29)/t17-/m1/s1. The van der Waals surface area contributed by atoms with Crippen molar-refractivity contribution in [2.45, 2.75) is 32.1 Å². The number of hydrogen-bond acceptors (Lipinski definition) is 7. The third kappa shape index (κ3) is 5.15. The van der Waals surface area contributed by atoms with Gasteiger partial charge in [-0.3, -0.25) is 9.59 Å². The van der Waals surface area contributed by atoms with Gasteiger partial charge < -0.3 is 24.4 Å². The van der Waals surface area contributed by atoms with Gasteiger partial charge in [-0.25, -0.2) is 0 Å². The quantitative estimate of drug-likeness (QED) is 0.644. The number of piperidine rings is 1. The van der Waals surface area contributed by atoms with Gasteiger partial charge in [0.25, 0.3) is 0 Å². The first-order valence-corrected chi connectivity index (χ1v) is 10.9. The van der Waals surface area contributed by atoms with E-state index in [4.69, 9.17) is 9.26 Å². The van der Waals surface area contributed by atoms with Crippen LogP contribution < -0.4 is 15.0 Å². The summed E-state index contributed by atoms with van der Waals surface area (Å²) >= 11 is 0. The number of likely N-dealkylation sites (tertiary alicyclic amines) is 1. The molecule has 166 valence electrons. The van der Waals surface area contributed by atoms with Crippen molar-refractivity contribution in [3.63, 3.8) is 0 Å². The fourth-order valence-electron chi connectivity index (χ4n) is 4.13. The van der Waals surface area contributed by atoms with Crippen molar-refractivity contribution in [1.82, 2.24) is 20.4 Å². The number of aromatic nitrogens is 2. The van der Waals surface area contributed by atoms with E-state index in [0.717, 1.165) is 50.1 Å². The highest BCUT2D eigenvalue weighted by atomic mass is 16.5. The lowest BCUT2D eigenvalue weighted by molar-refractivity contribution is -0.127. The Morgan fingerprint density at radius 2 is 2.10 bits per heavy atom. The number of ether oxygens (including phenoxy) is 1. The summed E-state index contributed by atoms with van der Waals surface area (Å²) < 4.78 is 10.7. The van der Waals surface area contributed by atoms with Crippen LogP contribution in [0.5, 0.6) is 5.75 Å². The largest absolute Gasteiger partial charge is 0.497 e. The van der Waals surface area contributed by atoms with Crippen molar-refractivity contribution in [3.05, 3.63) is 24.3 Å². The summed E-state index contributed by atoms with van der Waals surface area (Å²) in [5, 5.41) is 7.11. The summed E-state index contributed by atoms with van der Waals surface area (Å²) in [5.41, 5.74) is 0.846. The van der Waals surface area contributed by atoms with Gasteiger partial charge in [-0.1, -0.05) is 5.16 Å². The molecule has 1 N–H and O–H groups in total. The Kier molecular flexibility index (Phi) is 6.69. The molecule has 0 bridgehead atoms. The lowest BCUT2D eigenvalue weighted by atomic mass is 9.97. The van der Waals surface area contributed by atoms with Crippen molar-refractivity contribution >= 4 is 17.8 Å². The number of benzene rings is 1. The Bertz CT molecular complexity index is 898. The van der Waals surface area contributed by atoms with Crippen molar-refractivity contribution in [1.29, 1.82) is 0 Å². The molecule has 9 nitrogen and oxygen atoms in total. The summed E-state index contributed by atoms with van der Waals surface area (Å²) in [5.74, 6) is 1.44. The van der Waals surface area contributed by atoms with Crippen LogP contribution in [0.15, 0.2) is 28.8 Å². The fourth-order valence-corrected chi connectivity index (χ4v) is 4.13. The minimum absolute atomic E-state index is 0.0485. The molecule has 2 saturated heterocycles. The van der Waals surface area contributed by atoms with Gasteiger partial charge in [0, 0.05) is 44.7 Å². The molecule has 1 aromatic carbocycles. The average Bonchev–Trinajstić information content (AvgIpc) is 3.46. The predicted octanol–water partition coefficient (Wildman–Crippen LogP) is 2.09. The van der Waals surface area contributed by atoms with Gasteiger partial charge in [-0.2, -0.15) is 4.98 Å². The monoisotopic (exact) mass is 427 g/mol. The zero-order valence-corrected chi connectivity index (χ0v) is 17.9. The third-order valence-corrected chi connectivity index (χ3v) is 5.90. The van der Waals surface area contributed by atoms with E-state index in [1.165, 1.54) is 0 Å². The number of rotatable bonds is 8. The highest BCUT2D eigenvalue weighted by Crippen LogP contribution is 2.26. The third-order valence-electron chi connectivity index (χ3n) is 5.90. The molecule has 31 heavy (non-hydrogen) atoms. The minimum Gasteiger partial charge on any atom is -0.497 e. The highest BCUT2D eigenvalue weighted by Gasteiger charge is 2.28. The second-order valence-corrected chi connectivity index (χ2v) is 8.04. The SMILES string of the molecule is COc1ccc(-c2noc(N3CCC[C@@H](C(=O)NCCCN4CCCC4=O)C3)n2)cc1. The number of hydrogen-bond donors (Lipinski definition) is 1. The van der Waals surface area contributed by atoms with E-state index in [-0.39, 0.29) is 17.7 Å². The van der Waals surface area contributed by atoms with Crippen LogP contribution in [-0.2, 0) is 9.59 Å². The van der Waals surface area contributed by atoms with E-state index in [1.807, 2.05) is 34.1 Å². The number of anilines is 1. The molecular formula is C22H29N5O4. The molecule has 1 aromatic heterocycles. The minimum atomic E-state index is -0.112. The first kappa shape index (κ1) is 21.1. The van der Waals surface area contributed by atoms with Gasteiger partial charge >= 0.3 is 6.01 Å².